The SMILES string of the molecule is Cc1sc2nc(C3CCCCC3)nc(NCc3ccccc3)c2c1C. The van der Waals surface area contributed by atoms with E-state index in [-0.39, 0.29) is 0 Å². The second-order valence-corrected chi connectivity index (χ2v) is 8.27. The van der Waals surface area contributed by atoms with Gasteiger partial charge in [-0.2, -0.15) is 0 Å². The number of nitrogens with zero attached hydrogens (tertiary/aromatic N) is 2. The van der Waals surface area contributed by atoms with E-state index in [9.17, 15) is 0 Å². The predicted molar refractivity (Wildman–Crippen MR) is 106 cm³/mol. The summed E-state index contributed by atoms with van der Waals surface area (Å²) in [4.78, 5) is 12.4. The maximum Gasteiger partial charge on any atom is 0.139 e. The van der Waals surface area contributed by atoms with Gasteiger partial charge in [0.2, 0.25) is 0 Å². The average Bonchev–Trinajstić information content (AvgIpc) is 2.95. The van der Waals surface area contributed by atoms with E-state index >= 15 is 0 Å². The highest BCUT2D eigenvalue weighted by Gasteiger charge is 2.22. The number of hydrogen-bond acceptors (Lipinski definition) is 4. The van der Waals surface area contributed by atoms with Crippen LogP contribution in [-0.4, -0.2) is 9.97 Å². The topological polar surface area (TPSA) is 37.8 Å². The summed E-state index contributed by atoms with van der Waals surface area (Å²) >= 11 is 1.80. The predicted octanol–water partition coefficient (Wildman–Crippen LogP) is 5.97. The van der Waals surface area contributed by atoms with Crippen LogP contribution >= 0.6 is 11.3 Å². The van der Waals surface area contributed by atoms with Gasteiger partial charge in [0.25, 0.3) is 0 Å². The molecule has 1 N–H and O–H groups in total. The average molecular weight is 352 g/mol. The third-order valence-corrected chi connectivity index (χ3v) is 6.42. The first-order valence-electron chi connectivity index (χ1n) is 9.28. The van der Waals surface area contributed by atoms with Gasteiger partial charge in [0, 0.05) is 17.3 Å². The number of thiophene rings is 1. The van der Waals surface area contributed by atoms with E-state index in [4.69, 9.17) is 9.97 Å². The summed E-state index contributed by atoms with van der Waals surface area (Å²) in [6.07, 6.45) is 6.43. The van der Waals surface area contributed by atoms with Crippen LogP contribution in [0.2, 0.25) is 0 Å². The van der Waals surface area contributed by atoms with Crippen molar-refractivity contribution in [3.05, 3.63) is 52.2 Å². The van der Waals surface area contributed by atoms with Gasteiger partial charge in [-0.1, -0.05) is 49.6 Å². The molecule has 4 rings (SSSR count). The van der Waals surface area contributed by atoms with Crippen LogP contribution in [0.4, 0.5) is 5.82 Å². The molecule has 1 fully saturated rings. The Bertz CT molecular complexity index is 864. The van der Waals surface area contributed by atoms with E-state index in [1.165, 1.54) is 53.5 Å². The van der Waals surface area contributed by atoms with Crippen molar-refractivity contribution in [1.82, 2.24) is 9.97 Å². The Hall–Kier alpha value is -1.94. The van der Waals surface area contributed by atoms with E-state index in [0.717, 1.165) is 23.0 Å². The third kappa shape index (κ3) is 3.40. The highest BCUT2D eigenvalue weighted by Crippen LogP contribution is 2.37. The monoisotopic (exact) mass is 351 g/mol. The summed E-state index contributed by atoms with van der Waals surface area (Å²) in [5.41, 5.74) is 2.59. The Labute approximate surface area is 153 Å². The molecule has 0 bridgehead atoms. The van der Waals surface area contributed by atoms with E-state index < -0.39 is 0 Å². The van der Waals surface area contributed by atoms with Gasteiger partial charge in [-0.25, -0.2) is 9.97 Å². The van der Waals surface area contributed by atoms with Crippen molar-refractivity contribution in [2.45, 2.75) is 58.4 Å². The number of hydrogen-bond donors (Lipinski definition) is 1. The van der Waals surface area contributed by atoms with Gasteiger partial charge in [-0.3, -0.25) is 0 Å². The first-order valence-corrected chi connectivity index (χ1v) is 10.1. The zero-order valence-electron chi connectivity index (χ0n) is 15.0. The first-order chi connectivity index (χ1) is 12.2. The van der Waals surface area contributed by atoms with Crippen molar-refractivity contribution in [1.29, 1.82) is 0 Å². The zero-order valence-corrected chi connectivity index (χ0v) is 15.8. The van der Waals surface area contributed by atoms with Crippen LogP contribution < -0.4 is 5.32 Å². The van der Waals surface area contributed by atoms with E-state index in [2.05, 4.69) is 49.5 Å². The highest BCUT2D eigenvalue weighted by atomic mass is 32.1. The summed E-state index contributed by atoms with van der Waals surface area (Å²) in [6, 6.07) is 10.5. The molecule has 0 spiro atoms. The van der Waals surface area contributed by atoms with E-state index in [1.807, 2.05) is 0 Å². The van der Waals surface area contributed by atoms with Crippen LogP contribution in [0.25, 0.3) is 10.2 Å². The van der Waals surface area contributed by atoms with E-state index in [1.54, 1.807) is 11.3 Å². The molecule has 0 unspecified atom stereocenters. The minimum absolute atomic E-state index is 0.526. The molecule has 0 atom stereocenters. The lowest BCUT2D eigenvalue weighted by atomic mass is 9.88. The maximum absolute atomic E-state index is 5.00. The third-order valence-electron chi connectivity index (χ3n) is 5.32. The molecule has 1 aliphatic carbocycles. The van der Waals surface area contributed by atoms with E-state index in [0.29, 0.717) is 5.92 Å². The summed E-state index contributed by atoms with van der Waals surface area (Å²) in [6.45, 7) is 5.17. The van der Waals surface area contributed by atoms with Crippen LogP contribution in [0, 0.1) is 13.8 Å². The van der Waals surface area contributed by atoms with Crippen molar-refractivity contribution >= 4 is 27.4 Å². The molecule has 3 aromatic rings. The maximum atomic E-state index is 5.00. The van der Waals surface area contributed by atoms with Crippen LogP contribution in [0.15, 0.2) is 30.3 Å². The van der Waals surface area contributed by atoms with Crippen molar-refractivity contribution in [3.63, 3.8) is 0 Å². The molecule has 0 amide bonds. The molecule has 1 aromatic carbocycles. The first kappa shape index (κ1) is 16.5. The number of aryl methyl sites for hydroxylation is 2. The second-order valence-electron chi connectivity index (χ2n) is 7.07. The van der Waals surface area contributed by atoms with Crippen LogP contribution in [-0.2, 0) is 6.54 Å². The molecule has 1 saturated carbocycles. The summed E-state index contributed by atoms with van der Waals surface area (Å²) in [7, 11) is 0. The number of benzene rings is 1. The largest absolute Gasteiger partial charge is 0.365 e. The quantitative estimate of drug-likeness (QED) is 0.629. The molecule has 1 aliphatic rings. The second kappa shape index (κ2) is 7.12. The summed E-state index contributed by atoms with van der Waals surface area (Å²) in [5.74, 6) is 2.58. The van der Waals surface area contributed by atoms with Gasteiger partial charge >= 0.3 is 0 Å². The van der Waals surface area contributed by atoms with Crippen molar-refractivity contribution in [3.8, 4) is 0 Å². The summed E-state index contributed by atoms with van der Waals surface area (Å²) < 4.78 is 0. The molecule has 0 radical (unpaired) electrons. The molecular formula is C21H25N3S. The Morgan fingerprint density at radius 2 is 1.80 bits per heavy atom. The highest BCUT2D eigenvalue weighted by molar-refractivity contribution is 7.18. The smallest absolute Gasteiger partial charge is 0.139 e. The molecule has 4 heteroatoms. The van der Waals surface area contributed by atoms with Gasteiger partial charge in [-0.05, 0) is 37.8 Å². The summed E-state index contributed by atoms with van der Waals surface area (Å²) in [5, 5.41) is 4.80. The van der Waals surface area contributed by atoms with Gasteiger partial charge < -0.3 is 5.32 Å². The Morgan fingerprint density at radius 1 is 1.04 bits per heavy atom. The molecule has 3 nitrogen and oxygen atoms in total. The normalized spacial score (nSPS) is 15.6. The number of nitrogens with one attached hydrogen (secondary N) is 1. The minimum atomic E-state index is 0.526. The van der Waals surface area contributed by atoms with Gasteiger partial charge in [0.05, 0.1) is 5.39 Å². The molecule has 25 heavy (non-hydrogen) atoms. The van der Waals surface area contributed by atoms with Gasteiger partial charge in [-0.15, -0.1) is 11.3 Å². The fourth-order valence-electron chi connectivity index (χ4n) is 3.72. The molecule has 130 valence electrons. The van der Waals surface area contributed by atoms with Gasteiger partial charge in [0.15, 0.2) is 0 Å². The Morgan fingerprint density at radius 3 is 2.56 bits per heavy atom. The molecule has 2 heterocycles. The van der Waals surface area contributed by atoms with Crippen LogP contribution in [0.1, 0.15) is 59.9 Å². The number of fused-ring (bicyclic) bond motifs is 1. The Balaban J connectivity index is 1.71. The molecule has 2 aromatic heterocycles. The number of rotatable bonds is 4. The lowest BCUT2D eigenvalue weighted by Gasteiger charge is -2.21. The Kier molecular flexibility index (Phi) is 4.71. The minimum Gasteiger partial charge on any atom is -0.365 e. The van der Waals surface area contributed by atoms with Crippen LogP contribution in [0.5, 0.6) is 0 Å². The zero-order chi connectivity index (χ0) is 17.2. The van der Waals surface area contributed by atoms with Crippen LogP contribution in [0.3, 0.4) is 0 Å². The lowest BCUT2D eigenvalue weighted by molar-refractivity contribution is 0.430. The fourth-order valence-corrected chi connectivity index (χ4v) is 4.76. The molecular weight excluding hydrogens is 326 g/mol. The number of aromatic nitrogens is 2. The van der Waals surface area contributed by atoms with Crippen molar-refractivity contribution < 1.29 is 0 Å². The van der Waals surface area contributed by atoms with Crippen molar-refractivity contribution in [2.75, 3.05) is 5.32 Å². The van der Waals surface area contributed by atoms with Gasteiger partial charge in [0.1, 0.15) is 16.5 Å². The van der Waals surface area contributed by atoms with Crippen molar-refractivity contribution in [2.24, 2.45) is 0 Å². The molecule has 0 aliphatic heterocycles. The standard InChI is InChI=1S/C21H25N3S/c1-14-15(2)25-21-18(14)20(22-13-16-9-5-3-6-10-16)23-19(24-21)17-11-7-4-8-12-17/h3,5-6,9-10,17H,4,7-8,11-13H2,1-2H3,(H,22,23,24). The number of anilines is 1. The molecule has 0 saturated heterocycles. The lowest BCUT2D eigenvalue weighted by Crippen LogP contribution is -2.11. The fraction of sp³-hybridized carbons (Fsp3) is 0.429.